The van der Waals surface area contributed by atoms with E-state index in [1.165, 1.54) is 0 Å². The molecule has 0 heterocycles. The minimum atomic E-state index is -0.783. The highest BCUT2D eigenvalue weighted by molar-refractivity contribution is 7.99. The maximum Gasteiger partial charge on any atom is 0.303 e. The molecule has 4 nitrogen and oxygen atoms in total. The van der Waals surface area contributed by atoms with Crippen LogP contribution >= 0.6 is 11.8 Å². The fourth-order valence-corrected chi connectivity index (χ4v) is 2.98. The smallest absolute Gasteiger partial charge is 0.303 e. The topological polar surface area (TPSA) is 64.3 Å². The van der Waals surface area contributed by atoms with Gasteiger partial charge in [0.05, 0.1) is 11.3 Å². The zero-order valence-corrected chi connectivity index (χ0v) is 13.6. The van der Waals surface area contributed by atoms with Crippen molar-refractivity contribution in [1.82, 2.24) is 0 Å². The molecule has 0 radical (unpaired) electrons. The van der Waals surface area contributed by atoms with Gasteiger partial charge in [-0.2, -0.15) is 5.26 Å². The first-order valence-corrected chi connectivity index (χ1v) is 8.14. The summed E-state index contributed by atoms with van der Waals surface area (Å²) >= 11 is 1.66. The van der Waals surface area contributed by atoms with Crippen molar-refractivity contribution in [2.75, 3.05) is 17.2 Å². The number of anilines is 1. The van der Waals surface area contributed by atoms with E-state index in [0.29, 0.717) is 18.5 Å². The Kier molecular flexibility index (Phi) is 7.10. The van der Waals surface area contributed by atoms with E-state index >= 15 is 0 Å². The van der Waals surface area contributed by atoms with Crippen LogP contribution < -0.4 is 4.90 Å². The number of aliphatic carboxylic acids is 1. The van der Waals surface area contributed by atoms with Gasteiger partial charge in [-0.05, 0) is 38.2 Å². The zero-order chi connectivity index (χ0) is 15.8. The van der Waals surface area contributed by atoms with Gasteiger partial charge in [-0.25, -0.2) is 0 Å². The molecule has 1 aromatic carbocycles. The molecule has 21 heavy (non-hydrogen) atoms. The highest BCUT2D eigenvalue weighted by Crippen LogP contribution is 2.31. The van der Waals surface area contributed by atoms with E-state index < -0.39 is 5.97 Å². The molecular formula is C16H22N2O2S. The largest absolute Gasteiger partial charge is 0.481 e. The molecule has 0 unspecified atom stereocenters. The minimum Gasteiger partial charge on any atom is -0.481 e. The highest BCUT2D eigenvalue weighted by Gasteiger charge is 2.17. The summed E-state index contributed by atoms with van der Waals surface area (Å²) < 4.78 is 0. The van der Waals surface area contributed by atoms with Gasteiger partial charge in [-0.3, -0.25) is 4.79 Å². The van der Waals surface area contributed by atoms with Gasteiger partial charge in [0.1, 0.15) is 6.07 Å². The van der Waals surface area contributed by atoms with Crippen molar-refractivity contribution in [2.45, 2.75) is 44.6 Å². The number of nitrogens with zero attached hydrogens (tertiary/aromatic N) is 2. The number of thioether (sulfide) groups is 1. The summed E-state index contributed by atoms with van der Waals surface area (Å²) in [4.78, 5) is 13.8. The van der Waals surface area contributed by atoms with Gasteiger partial charge in [0.15, 0.2) is 0 Å². The molecule has 0 aliphatic rings. The van der Waals surface area contributed by atoms with Crippen molar-refractivity contribution >= 4 is 23.4 Å². The average Bonchev–Trinajstić information content (AvgIpc) is 2.43. The van der Waals surface area contributed by atoms with Gasteiger partial charge in [-0.15, -0.1) is 11.8 Å². The third-order valence-corrected chi connectivity index (χ3v) is 4.08. The number of rotatable bonds is 8. The van der Waals surface area contributed by atoms with Crippen LogP contribution in [0.5, 0.6) is 0 Å². The summed E-state index contributed by atoms with van der Waals surface area (Å²) in [5.74, 6) is 0.133. The van der Waals surface area contributed by atoms with Crippen molar-refractivity contribution in [2.24, 2.45) is 0 Å². The van der Waals surface area contributed by atoms with Crippen LogP contribution in [-0.2, 0) is 4.79 Å². The molecule has 1 N–H and O–H groups in total. The first kappa shape index (κ1) is 17.4. The maximum atomic E-state index is 10.7. The standard InChI is InChI=1S/C16H22N2O2S/c1-4-21-15-8-5-7-14(13(15)11-17)18(12(2)3)10-6-9-16(19)20/h5,7-8,12H,4,6,9-10H2,1-3H3,(H,19,20). The van der Waals surface area contributed by atoms with E-state index in [1.807, 2.05) is 18.2 Å². The van der Waals surface area contributed by atoms with Crippen LogP contribution in [0, 0.1) is 11.3 Å². The average molecular weight is 306 g/mol. The number of hydrogen-bond acceptors (Lipinski definition) is 4. The Morgan fingerprint density at radius 3 is 2.71 bits per heavy atom. The van der Waals surface area contributed by atoms with E-state index in [4.69, 9.17) is 5.11 Å². The van der Waals surface area contributed by atoms with Crippen molar-refractivity contribution in [3.8, 4) is 6.07 Å². The van der Waals surface area contributed by atoms with Gasteiger partial charge < -0.3 is 10.0 Å². The van der Waals surface area contributed by atoms with E-state index in [2.05, 4.69) is 31.7 Å². The number of hydrogen-bond donors (Lipinski definition) is 1. The molecule has 0 atom stereocenters. The number of carboxylic acid groups (broad SMARTS) is 1. The Hall–Kier alpha value is -1.67. The number of carbonyl (C=O) groups is 1. The lowest BCUT2D eigenvalue weighted by Gasteiger charge is -2.30. The van der Waals surface area contributed by atoms with Crippen LogP contribution in [0.15, 0.2) is 23.1 Å². The summed E-state index contributed by atoms with van der Waals surface area (Å²) in [5.41, 5.74) is 1.59. The van der Waals surface area contributed by atoms with Crippen molar-refractivity contribution < 1.29 is 9.90 Å². The van der Waals surface area contributed by atoms with Crippen LogP contribution in [0.1, 0.15) is 39.2 Å². The molecule has 1 rings (SSSR count). The summed E-state index contributed by atoms with van der Waals surface area (Å²) in [7, 11) is 0. The SMILES string of the molecule is CCSc1cccc(N(CCCC(=O)O)C(C)C)c1C#N. The summed E-state index contributed by atoms with van der Waals surface area (Å²) in [6, 6.07) is 8.39. The molecule has 5 heteroatoms. The fourth-order valence-electron chi connectivity index (χ4n) is 2.20. The van der Waals surface area contributed by atoms with Crippen LogP contribution in [0.4, 0.5) is 5.69 Å². The third-order valence-electron chi connectivity index (χ3n) is 3.14. The Morgan fingerprint density at radius 1 is 1.48 bits per heavy atom. The maximum absolute atomic E-state index is 10.7. The monoisotopic (exact) mass is 306 g/mol. The molecule has 0 aliphatic heterocycles. The molecule has 0 aliphatic carbocycles. The van der Waals surface area contributed by atoms with E-state index in [1.54, 1.807) is 11.8 Å². The molecule has 0 fully saturated rings. The molecule has 0 saturated heterocycles. The lowest BCUT2D eigenvalue weighted by atomic mass is 10.1. The predicted molar refractivity (Wildman–Crippen MR) is 86.9 cm³/mol. The van der Waals surface area contributed by atoms with Gasteiger partial charge in [-0.1, -0.05) is 13.0 Å². The number of nitriles is 1. The normalized spacial score (nSPS) is 10.4. The molecule has 114 valence electrons. The zero-order valence-electron chi connectivity index (χ0n) is 12.8. The molecule has 0 aromatic heterocycles. The Labute approximate surface area is 130 Å². The second-order valence-corrected chi connectivity index (χ2v) is 6.29. The molecule has 0 bridgehead atoms. The van der Waals surface area contributed by atoms with Crippen LogP contribution in [0.25, 0.3) is 0 Å². The van der Waals surface area contributed by atoms with E-state index in [0.717, 1.165) is 16.3 Å². The van der Waals surface area contributed by atoms with E-state index in [-0.39, 0.29) is 12.5 Å². The molecule has 0 amide bonds. The van der Waals surface area contributed by atoms with Gasteiger partial charge >= 0.3 is 5.97 Å². The van der Waals surface area contributed by atoms with Crippen LogP contribution in [0.3, 0.4) is 0 Å². The number of benzene rings is 1. The van der Waals surface area contributed by atoms with Crippen LogP contribution in [0.2, 0.25) is 0 Å². The van der Waals surface area contributed by atoms with E-state index in [9.17, 15) is 10.1 Å². The lowest BCUT2D eigenvalue weighted by Crippen LogP contribution is -2.32. The second-order valence-electron chi connectivity index (χ2n) is 4.98. The Balaban J connectivity index is 3.05. The summed E-state index contributed by atoms with van der Waals surface area (Å²) in [6.45, 7) is 6.81. The molecular weight excluding hydrogens is 284 g/mol. The Morgan fingerprint density at radius 2 is 2.19 bits per heavy atom. The summed E-state index contributed by atoms with van der Waals surface area (Å²) in [5, 5.41) is 18.3. The van der Waals surface area contributed by atoms with Crippen molar-refractivity contribution in [1.29, 1.82) is 5.26 Å². The van der Waals surface area contributed by atoms with Gasteiger partial charge in [0, 0.05) is 23.9 Å². The summed E-state index contributed by atoms with van der Waals surface area (Å²) in [6.07, 6.45) is 0.720. The predicted octanol–water partition coefficient (Wildman–Crippen LogP) is 3.75. The first-order chi connectivity index (χ1) is 10.0. The Bertz CT molecular complexity index is 523. The minimum absolute atomic E-state index is 0.147. The molecule has 0 saturated carbocycles. The third kappa shape index (κ3) is 4.98. The van der Waals surface area contributed by atoms with Crippen molar-refractivity contribution in [3.63, 3.8) is 0 Å². The first-order valence-electron chi connectivity index (χ1n) is 7.15. The van der Waals surface area contributed by atoms with Gasteiger partial charge in [0.2, 0.25) is 0 Å². The van der Waals surface area contributed by atoms with Crippen molar-refractivity contribution in [3.05, 3.63) is 23.8 Å². The number of carboxylic acids is 1. The molecule has 0 spiro atoms. The molecule has 1 aromatic rings. The van der Waals surface area contributed by atoms with Gasteiger partial charge in [0.25, 0.3) is 0 Å². The quantitative estimate of drug-likeness (QED) is 0.741. The highest BCUT2D eigenvalue weighted by atomic mass is 32.2. The lowest BCUT2D eigenvalue weighted by molar-refractivity contribution is -0.137. The fraction of sp³-hybridized carbons (Fsp3) is 0.500. The van der Waals surface area contributed by atoms with Crippen LogP contribution in [-0.4, -0.2) is 29.4 Å². The second kappa shape index (κ2) is 8.58.